The zero-order chi connectivity index (χ0) is 22.5. The summed E-state index contributed by atoms with van der Waals surface area (Å²) in [6.07, 6.45) is 16.6. The Hall–Kier alpha value is -1.90. The van der Waals surface area contributed by atoms with Gasteiger partial charge in [-0.25, -0.2) is 0 Å². The number of hydrogen-bond donors (Lipinski definition) is 1. The number of rotatable bonds is 12. The number of carboxylic acids is 1. The fourth-order valence-electron chi connectivity index (χ4n) is 4.25. The monoisotopic (exact) mass is 430 g/mol. The van der Waals surface area contributed by atoms with E-state index in [1.165, 1.54) is 0 Å². The molecule has 2 fully saturated rings. The van der Waals surface area contributed by atoms with Crippen molar-refractivity contribution in [2.24, 2.45) is 11.8 Å². The van der Waals surface area contributed by atoms with Gasteiger partial charge >= 0.3 is 5.97 Å². The molecule has 0 spiro atoms. The standard InChI is InChI=1S/C26H38O5/c1-3-4-10-18-26(2,31-25-14-9-11-20-30-25)19-17-21-15-16-23(27)22(21)12-7-5-6-8-13-24(28)29/h5,7,17,19,21-22,25H,6,8-16,18,20H2,1-2H3,(H,28,29)/t21-,22-,25?,26?/m1/s1. The Morgan fingerprint density at radius 1 is 1.32 bits per heavy atom. The Morgan fingerprint density at radius 2 is 2.16 bits per heavy atom. The molecule has 5 heteroatoms. The minimum absolute atomic E-state index is 0.00223. The summed E-state index contributed by atoms with van der Waals surface area (Å²) in [5, 5.41) is 8.71. The number of carbonyl (C=O) groups is 2. The summed E-state index contributed by atoms with van der Waals surface area (Å²) in [7, 11) is 0. The summed E-state index contributed by atoms with van der Waals surface area (Å²) >= 11 is 0. The van der Waals surface area contributed by atoms with Crippen LogP contribution in [0.2, 0.25) is 0 Å². The molecule has 0 bridgehead atoms. The van der Waals surface area contributed by atoms with Crippen molar-refractivity contribution in [2.45, 2.75) is 96.4 Å². The second-order valence-corrected chi connectivity index (χ2v) is 8.78. The van der Waals surface area contributed by atoms with E-state index >= 15 is 0 Å². The Bertz CT molecular complexity index is 692. The molecule has 1 saturated carbocycles. The Kier molecular flexibility index (Phi) is 11.0. The van der Waals surface area contributed by atoms with E-state index in [-0.39, 0.29) is 24.5 Å². The van der Waals surface area contributed by atoms with Gasteiger partial charge in [-0.3, -0.25) is 9.59 Å². The van der Waals surface area contributed by atoms with E-state index in [2.05, 4.69) is 30.9 Å². The molecule has 1 aliphatic heterocycles. The van der Waals surface area contributed by atoms with Crippen LogP contribution in [0.5, 0.6) is 0 Å². The van der Waals surface area contributed by atoms with Crippen molar-refractivity contribution in [2.75, 3.05) is 6.61 Å². The highest BCUT2D eigenvalue weighted by Gasteiger charge is 2.33. The van der Waals surface area contributed by atoms with E-state index in [1.54, 1.807) is 0 Å². The van der Waals surface area contributed by atoms with Crippen LogP contribution in [0.3, 0.4) is 0 Å². The molecule has 0 aromatic carbocycles. The van der Waals surface area contributed by atoms with Crippen LogP contribution in [0.25, 0.3) is 0 Å². The second-order valence-electron chi connectivity index (χ2n) is 8.78. The number of carboxylic acid groups (broad SMARTS) is 1. The molecule has 31 heavy (non-hydrogen) atoms. The van der Waals surface area contributed by atoms with Crippen LogP contribution in [0, 0.1) is 23.7 Å². The molecule has 1 aliphatic carbocycles. The first kappa shape index (κ1) is 25.4. The van der Waals surface area contributed by atoms with E-state index in [0.717, 1.165) is 51.6 Å². The summed E-state index contributed by atoms with van der Waals surface area (Å²) in [6.45, 7) is 4.69. The third kappa shape index (κ3) is 9.41. The van der Waals surface area contributed by atoms with Crippen LogP contribution >= 0.6 is 0 Å². The lowest BCUT2D eigenvalue weighted by molar-refractivity contribution is -0.207. The van der Waals surface area contributed by atoms with Crippen molar-refractivity contribution < 1.29 is 24.2 Å². The maximum Gasteiger partial charge on any atom is 0.303 e. The number of aliphatic carboxylic acids is 1. The average Bonchev–Trinajstić information content (AvgIpc) is 3.09. The zero-order valence-corrected chi connectivity index (χ0v) is 19.1. The average molecular weight is 431 g/mol. The lowest BCUT2D eigenvalue weighted by Gasteiger charge is -2.33. The van der Waals surface area contributed by atoms with Crippen LogP contribution in [0.4, 0.5) is 0 Å². The van der Waals surface area contributed by atoms with Crippen molar-refractivity contribution in [1.29, 1.82) is 0 Å². The van der Waals surface area contributed by atoms with Gasteiger partial charge in [-0.05, 0) is 71.1 Å². The number of ketones is 1. The molecule has 0 radical (unpaired) electrons. The highest BCUT2D eigenvalue weighted by molar-refractivity contribution is 5.83. The van der Waals surface area contributed by atoms with E-state index in [0.29, 0.717) is 25.0 Å². The molecule has 1 saturated heterocycles. The van der Waals surface area contributed by atoms with Gasteiger partial charge in [-0.1, -0.05) is 24.3 Å². The molecular formula is C26H38O5. The molecule has 172 valence electrons. The summed E-state index contributed by atoms with van der Waals surface area (Å²) < 4.78 is 12.2. The van der Waals surface area contributed by atoms with E-state index in [1.807, 2.05) is 19.1 Å². The van der Waals surface area contributed by atoms with Crippen molar-refractivity contribution in [3.05, 3.63) is 24.3 Å². The van der Waals surface area contributed by atoms with Crippen molar-refractivity contribution >= 4 is 11.8 Å². The van der Waals surface area contributed by atoms with Crippen molar-refractivity contribution in [3.8, 4) is 11.8 Å². The topological polar surface area (TPSA) is 72.8 Å². The number of allylic oxidation sites excluding steroid dienone is 3. The molecule has 1 N–H and O–H groups in total. The first-order chi connectivity index (χ1) is 14.9. The number of Topliss-reactive ketones (excluding diaryl/α,β-unsaturated/α-hetero) is 1. The normalized spacial score (nSPS) is 26.1. The highest BCUT2D eigenvalue weighted by Crippen LogP contribution is 2.34. The number of ether oxygens (including phenoxy) is 2. The predicted molar refractivity (Wildman–Crippen MR) is 121 cm³/mol. The summed E-state index contributed by atoms with van der Waals surface area (Å²) in [5.74, 6) is 5.85. The number of carbonyl (C=O) groups excluding carboxylic acids is 1. The SMILES string of the molecule is CC#CCCC(C)(C=C[C@H]1CCC(=O)[C@@H]1CC=CCCCC(=O)O)OC1CCCCO1. The quantitative estimate of drug-likeness (QED) is 0.253. The van der Waals surface area contributed by atoms with Gasteiger partial charge in [0.2, 0.25) is 0 Å². The fraction of sp³-hybridized carbons (Fsp3) is 0.692. The molecule has 0 aromatic heterocycles. The molecule has 0 amide bonds. The van der Waals surface area contributed by atoms with Crippen LogP contribution in [0.1, 0.15) is 84.5 Å². The third-order valence-corrected chi connectivity index (χ3v) is 6.13. The van der Waals surface area contributed by atoms with E-state index in [9.17, 15) is 9.59 Å². The van der Waals surface area contributed by atoms with Gasteiger partial charge in [0.15, 0.2) is 6.29 Å². The maximum atomic E-state index is 12.4. The van der Waals surface area contributed by atoms with Crippen LogP contribution in [-0.2, 0) is 19.1 Å². The molecule has 2 unspecified atom stereocenters. The number of hydrogen-bond acceptors (Lipinski definition) is 4. The van der Waals surface area contributed by atoms with Gasteiger partial charge in [0.25, 0.3) is 0 Å². The Morgan fingerprint density at radius 3 is 2.87 bits per heavy atom. The van der Waals surface area contributed by atoms with E-state index < -0.39 is 11.6 Å². The van der Waals surface area contributed by atoms with Gasteiger partial charge in [-0.15, -0.1) is 11.8 Å². The molecular weight excluding hydrogens is 392 g/mol. The Balaban J connectivity index is 1.96. The molecule has 4 atom stereocenters. The van der Waals surface area contributed by atoms with Crippen LogP contribution in [0.15, 0.2) is 24.3 Å². The van der Waals surface area contributed by atoms with Crippen LogP contribution < -0.4 is 0 Å². The molecule has 1 heterocycles. The molecule has 5 nitrogen and oxygen atoms in total. The highest BCUT2D eigenvalue weighted by atomic mass is 16.7. The summed E-state index contributed by atoms with van der Waals surface area (Å²) in [6, 6.07) is 0. The minimum Gasteiger partial charge on any atom is -0.481 e. The zero-order valence-electron chi connectivity index (χ0n) is 19.1. The second kappa shape index (κ2) is 13.5. The van der Waals surface area contributed by atoms with Gasteiger partial charge in [0.1, 0.15) is 5.78 Å². The largest absolute Gasteiger partial charge is 0.481 e. The molecule has 2 aliphatic rings. The first-order valence-electron chi connectivity index (χ1n) is 11.7. The van der Waals surface area contributed by atoms with Gasteiger partial charge in [0, 0.05) is 31.8 Å². The van der Waals surface area contributed by atoms with Crippen LogP contribution in [-0.4, -0.2) is 35.4 Å². The van der Waals surface area contributed by atoms with Crippen molar-refractivity contribution in [3.63, 3.8) is 0 Å². The first-order valence-corrected chi connectivity index (χ1v) is 11.7. The fourth-order valence-corrected chi connectivity index (χ4v) is 4.25. The van der Waals surface area contributed by atoms with Crippen molar-refractivity contribution in [1.82, 2.24) is 0 Å². The minimum atomic E-state index is -0.765. The summed E-state index contributed by atoms with van der Waals surface area (Å²) in [4.78, 5) is 23.0. The van der Waals surface area contributed by atoms with Gasteiger partial charge in [0.05, 0.1) is 5.60 Å². The lowest BCUT2D eigenvalue weighted by atomic mass is 9.89. The Labute approximate surface area is 187 Å². The van der Waals surface area contributed by atoms with E-state index in [4.69, 9.17) is 14.6 Å². The lowest BCUT2D eigenvalue weighted by Crippen LogP contribution is -2.35. The predicted octanol–water partition coefficient (Wildman–Crippen LogP) is 5.44. The van der Waals surface area contributed by atoms with Gasteiger partial charge < -0.3 is 14.6 Å². The molecule has 2 rings (SSSR count). The summed E-state index contributed by atoms with van der Waals surface area (Å²) in [5.41, 5.74) is -0.464. The smallest absolute Gasteiger partial charge is 0.303 e. The third-order valence-electron chi connectivity index (χ3n) is 6.13. The maximum absolute atomic E-state index is 12.4. The molecule has 0 aromatic rings. The number of unbranched alkanes of at least 4 members (excludes halogenated alkanes) is 1. The van der Waals surface area contributed by atoms with Gasteiger partial charge in [-0.2, -0.15) is 0 Å².